The van der Waals surface area contributed by atoms with Crippen molar-refractivity contribution in [2.24, 2.45) is 0 Å². The van der Waals surface area contributed by atoms with Crippen molar-refractivity contribution in [1.29, 1.82) is 0 Å². The van der Waals surface area contributed by atoms with E-state index in [4.69, 9.17) is 4.74 Å². The molecule has 0 radical (unpaired) electrons. The van der Waals surface area contributed by atoms with Gasteiger partial charge in [0.1, 0.15) is 12.4 Å². The second kappa shape index (κ2) is 9.12. The van der Waals surface area contributed by atoms with E-state index in [1.165, 1.54) is 6.92 Å². The molecule has 0 fully saturated rings. The van der Waals surface area contributed by atoms with E-state index in [1.54, 1.807) is 30.3 Å². The van der Waals surface area contributed by atoms with Gasteiger partial charge >= 0.3 is 0 Å². The Balaban J connectivity index is 1.93. The zero-order valence-electron chi connectivity index (χ0n) is 14.0. The van der Waals surface area contributed by atoms with Crippen LogP contribution in [-0.4, -0.2) is 25.0 Å². The molecule has 2 aromatic rings. The summed E-state index contributed by atoms with van der Waals surface area (Å²) in [5.74, 6) is 0.280. The lowest BCUT2D eigenvalue weighted by Crippen LogP contribution is -2.22. The predicted molar refractivity (Wildman–Crippen MR) is 100.0 cm³/mol. The van der Waals surface area contributed by atoms with Crippen molar-refractivity contribution in [3.8, 4) is 5.75 Å². The highest BCUT2D eigenvalue weighted by atomic mass is 16.5. The summed E-state index contributed by atoms with van der Waals surface area (Å²) in [6, 6.07) is 14.3. The average molecular weight is 339 g/mol. The number of amides is 2. The predicted octanol–water partition coefficient (Wildman–Crippen LogP) is 3.26. The van der Waals surface area contributed by atoms with Crippen LogP contribution in [0.5, 0.6) is 5.75 Å². The third-order valence-corrected chi connectivity index (χ3v) is 3.15. The van der Waals surface area contributed by atoms with Crippen molar-refractivity contribution in [3.63, 3.8) is 0 Å². The zero-order valence-corrected chi connectivity index (χ0v) is 14.0. The molecular weight excluding hydrogens is 318 g/mol. The molecule has 0 atom stereocenters. The van der Waals surface area contributed by atoms with Gasteiger partial charge in [-0.25, -0.2) is 0 Å². The van der Waals surface area contributed by atoms with Crippen LogP contribution in [0, 0.1) is 0 Å². The van der Waals surface area contributed by atoms with E-state index >= 15 is 0 Å². The van der Waals surface area contributed by atoms with Gasteiger partial charge in [0.05, 0.1) is 12.2 Å². The fourth-order valence-corrected chi connectivity index (χ4v) is 2.15. The van der Waals surface area contributed by atoms with Crippen LogP contribution >= 0.6 is 0 Å². The average Bonchev–Trinajstić information content (AvgIpc) is 2.58. The van der Waals surface area contributed by atoms with E-state index in [1.807, 2.05) is 24.3 Å². The van der Waals surface area contributed by atoms with E-state index < -0.39 is 0 Å². The topological polar surface area (TPSA) is 79.5 Å². The van der Waals surface area contributed by atoms with Crippen LogP contribution in [0.4, 0.5) is 17.1 Å². The smallest absolute Gasteiger partial charge is 0.243 e. The standard InChI is InChI=1S/C19H21N3O3/c1-3-11-25-18-10-5-4-9-17(18)20-13-19(24)22-16-8-6-7-15(12-16)21-14(2)23/h3-10,12,20H,1,11,13H2,2H3,(H,21,23)(H,22,24). The number of hydrogen-bond acceptors (Lipinski definition) is 4. The molecule has 2 amide bonds. The number of ether oxygens (including phenoxy) is 1. The minimum atomic E-state index is -0.210. The molecule has 25 heavy (non-hydrogen) atoms. The lowest BCUT2D eigenvalue weighted by atomic mass is 10.2. The van der Waals surface area contributed by atoms with Crippen molar-refractivity contribution in [2.45, 2.75) is 6.92 Å². The van der Waals surface area contributed by atoms with Gasteiger partial charge < -0.3 is 20.7 Å². The number of nitrogens with one attached hydrogen (secondary N) is 3. The van der Waals surface area contributed by atoms with Crippen LogP contribution in [-0.2, 0) is 9.59 Å². The van der Waals surface area contributed by atoms with Crippen LogP contribution in [0.15, 0.2) is 61.2 Å². The second-order valence-electron chi connectivity index (χ2n) is 5.26. The van der Waals surface area contributed by atoms with Crippen LogP contribution < -0.4 is 20.7 Å². The van der Waals surface area contributed by atoms with Crippen molar-refractivity contribution in [3.05, 3.63) is 61.2 Å². The lowest BCUT2D eigenvalue weighted by Gasteiger charge is -2.12. The van der Waals surface area contributed by atoms with Gasteiger partial charge in [-0.1, -0.05) is 30.9 Å². The first-order chi connectivity index (χ1) is 12.1. The first kappa shape index (κ1) is 18.1. The first-order valence-electron chi connectivity index (χ1n) is 7.82. The van der Waals surface area contributed by atoms with Crippen molar-refractivity contribution in [2.75, 3.05) is 29.1 Å². The molecular formula is C19H21N3O3. The van der Waals surface area contributed by atoms with Gasteiger partial charge in [0, 0.05) is 18.3 Å². The molecule has 0 aliphatic rings. The molecule has 3 N–H and O–H groups in total. The Morgan fingerprint density at radius 1 is 1.08 bits per heavy atom. The van der Waals surface area contributed by atoms with E-state index in [0.29, 0.717) is 23.7 Å². The summed E-state index contributed by atoms with van der Waals surface area (Å²) in [6.07, 6.45) is 1.66. The molecule has 0 saturated heterocycles. The summed E-state index contributed by atoms with van der Waals surface area (Å²) >= 11 is 0. The zero-order chi connectivity index (χ0) is 18.1. The van der Waals surface area contributed by atoms with Gasteiger partial charge in [0.15, 0.2) is 0 Å². The maximum atomic E-state index is 12.1. The molecule has 0 unspecified atom stereocenters. The number of carbonyl (C=O) groups is 2. The number of rotatable bonds is 8. The monoisotopic (exact) mass is 339 g/mol. The normalized spacial score (nSPS) is 9.80. The summed E-state index contributed by atoms with van der Waals surface area (Å²) in [4.78, 5) is 23.2. The van der Waals surface area contributed by atoms with Crippen molar-refractivity contribution in [1.82, 2.24) is 0 Å². The third kappa shape index (κ3) is 6.02. The van der Waals surface area contributed by atoms with Crippen LogP contribution in [0.25, 0.3) is 0 Å². The number of para-hydroxylation sites is 2. The number of carbonyl (C=O) groups excluding carboxylic acids is 2. The quantitative estimate of drug-likeness (QED) is 0.645. The Bertz CT molecular complexity index is 759. The van der Waals surface area contributed by atoms with Gasteiger partial charge in [-0.15, -0.1) is 0 Å². The third-order valence-electron chi connectivity index (χ3n) is 3.15. The van der Waals surface area contributed by atoms with E-state index in [9.17, 15) is 9.59 Å². The van der Waals surface area contributed by atoms with E-state index in [-0.39, 0.29) is 18.4 Å². The van der Waals surface area contributed by atoms with Gasteiger partial charge in [-0.05, 0) is 30.3 Å². The molecule has 0 aliphatic heterocycles. The Morgan fingerprint density at radius 3 is 2.52 bits per heavy atom. The van der Waals surface area contributed by atoms with Gasteiger partial charge in [0.2, 0.25) is 11.8 Å². The molecule has 0 bridgehead atoms. The van der Waals surface area contributed by atoms with Crippen molar-refractivity contribution >= 4 is 28.9 Å². The Hall–Kier alpha value is -3.28. The fourth-order valence-electron chi connectivity index (χ4n) is 2.15. The van der Waals surface area contributed by atoms with Crippen LogP contribution in [0.3, 0.4) is 0 Å². The Morgan fingerprint density at radius 2 is 1.80 bits per heavy atom. The van der Waals surface area contributed by atoms with Crippen LogP contribution in [0.2, 0.25) is 0 Å². The van der Waals surface area contributed by atoms with Gasteiger partial charge in [-0.3, -0.25) is 9.59 Å². The number of anilines is 3. The molecule has 6 nitrogen and oxygen atoms in total. The molecule has 130 valence electrons. The first-order valence-corrected chi connectivity index (χ1v) is 7.82. The highest BCUT2D eigenvalue weighted by Gasteiger charge is 2.06. The Labute approximate surface area is 146 Å². The molecule has 2 aromatic carbocycles. The highest BCUT2D eigenvalue weighted by molar-refractivity contribution is 5.95. The highest BCUT2D eigenvalue weighted by Crippen LogP contribution is 2.23. The maximum Gasteiger partial charge on any atom is 0.243 e. The molecule has 0 spiro atoms. The largest absolute Gasteiger partial charge is 0.487 e. The number of benzene rings is 2. The summed E-state index contributed by atoms with van der Waals surface area (Å²) in [5.41, 5.74) is 1.96. The fraction of sp³-hybridized carbons (Fsp3) is 0.158. The van der Waals surface area contributed by atoms with Crippen molar-refractivity contribution < 1.29 is 14.3 Å². The lowest BCUT2D eigenvalue weighted by molar-refractivity contribution is -0.115. The van der Waals surface area contributed by atoms with E-state index in [2.05, 4.69) is 22.5 Å². The molecule has 0 saturated carbocycles. The summed E-state index contributed by atoms with van der Waals surface area (Å²) in [7, 11) is 0. The van der Waals surface area contributed by atoms with Gasteiger partial charge in [-0.2, -0.15) is 0 Å². The minimum absolute atomic E-state index is 0.0822. The summed E-state index contributed by atoms with van der Waals surface area (Å²) in [5, 5.41) is 8.50. The molecule has 0 heterocycles. The second-order valence-corrected chi connectivity index (χ2v) is 5.26. The SMILES string of the molecule is C=CCOc1ccccc1NCC(=O)Nc1cccc(NC(C)=O)c1. The maximum absolute atomic E-state index is 12.1. The minimum Gasteiger partial charge on any atom is -0.487 e. The number of hydrogen-bond donors (Lipinski definition) is 3. The van der Waals surface area contributed by atoms with Gasteiger partial charge in [0.25, 0.3) is 0 Å². The summed E-state index contributed by atoms with van der Waals surface area (Å²) in [6.45, 7) is 5.52. The molecule has 2 rings (SSSR count). The molecule has 0 aromatic heterocycles. The summed E-state index contributed by atoms with van der Waals surface area (Å²) < 4.78 is 5.54. The Kier molecular flexibility index (Phi) is 6.59. The molecule has 0 aliphatic carbocycles. The van der Waals surface area contributed by atoms with Crippen LogP contribution in [0.1, 0.15) is 6.92 Å². The van der Waals surface area contributed by atoms with E-state index in [0.717, 1.165) is 5.69 Å². The molecule has 6 heteroatoms.